The van der Waals surface area contributed by atoms with Gasteiger partial charge >= 0.3 is 0 Å². The highest BCUT2D eigenvalue weighted by Crippen LogP contribution is 2.30. The topological polar surface area (TPSA) is 12.0 Å². The second-order valence-corrected chi connectivity index (χ2v) is 6.93. The maximum atomic E-state index is 5.97. The molecule has 0 aliphatic rings. The Hall–Kier alpha value is -0.350. The first kappa shape index (κ1) is 14.1. The van der Waals surface area contributed by atoms with Crippen molar-refractivity contribution in [2.75, 3.05) is 7.05 Å². The van der Waals surface area contributed by atoms with Gasteiger partial charge in [0.05, 0.1) is 4.34 Å². The third-order valence-electron chi connectivity index (χ3n) is 2.91. The molecule has 4 heteroatoms. The number of hydrogen-bond donors (Lipinski definition) is 1. The molecule has 1 heterocycles. The third-order valence-corrected chi connectivity index (χ3v) is 4.85. The highest BCUT2D eigenvalue weighted by atomic mass is 79.9. The van der Waals surface area contributed by atoms with Crippen molar-refractivity contribution in [2.24, 2.45) is 0 Å². The molecule has 1 aromatic heterocycles. The predicted octanol–water partition coefficient (Wildman–Crippen LogP) is 4.98. The fraction of sp³-hybridized carbons (Fsp3) is 0.286. The largest absolute Gasteiger partial charge is 0.313 e. The lowest BCUT2D eigenvalue weighted by Gasteiger charge is -2.17. The van der Waals surface area contributed by atoms with E-state index in [0.29, 0.717) is 6.04 Å². The van der Waals surface area contributed by atoms with Gasteiger partial charge in [0, 0.05) is 21.8 Å². The fourth-order valence-electron chi connectivity index (χ4n) is 1.94. The summed E-state index contributed by atoms with van der Waals surface area (Å²) in [6.07, 6.45) is 0.954. The first-order valence-corrected chi connectivity index (χ1v) is 7.76. The van der Waals surface area contributed by atoms with Gasteiger partial charge < -0.3 is 5.32 Å². The summed E-state index contributed by atoms with van der Waals surface area (Å²) in [5.41, 5.74) is 2.55. The van der Waals surface area contributed by atoms with E-state index in [0.717, 1.165) is 15.2 Å². The van der Waals surface area contributed by atoms with Gasteiger partial charge in [-0.05, 0) is 43.3 Å². The van der Waals surface area contributed by atoms with Gasteiger partial charge in [-0.1, -0.05) is 39.7 Å². The molecule has 1 N–H and O–H groups in total. The van der Waals surface area contributed by atoms with Crippen molar-refractivity contribution in [1.82, 2.24) is 5.32 Å². The van der Waals surface area contributed by atoms with E-state index in [1.54, 1.807) is 11.3 Å². The van der Waals surface area contributed by atoms with E-state index in [2.05, 4.69) is 52.4 Å². The van der Waals surface area contributed by atoms with Crippen molar-refractivity contribution < 1.29 is 0 Å². The molecule has 0 bridgehead atoms. The van der Waals surface area contributed by atoms with Gasteiger partial charge in [0.2, 0.25) is 0 Å². The molecule has 0 radical (unpaired) electrons. The summed E-state index contributed by atoms with van der Waals surface area (Å²) in [6, 6.07) is 10.8. The van der Waals surface area contributed by atoms with Gasteiger partial charge in [-0.3, -0.25) is 0 Å². The zero-order valence-electron chi connectivity index (χ0n) is 10.3. The summed E-state index contributed by atoms with van der Waals surface area (Å²) in [5.74, 6) is 0. The van der Waals surface area contributed by atoms with Crippen molar-refractivity contribution in [2.45, 2.75) is 19.4 Å². The quantitative estimate of drug-likeness (QED) is 0.825. The van der Waals surface area contributed by atoms with E-state index in [9.17, 15) is 0 Å². The SMILES string of the molecule is CNC(Cc1ccc(Cl)s1)c1ccc(C)cc1Br. The van der Waals surface area contributed by atoms with E-state index in [1.165, 1.54) is 16.0 Å². The molecule has 0 amide bonds. The lowest BCUT2D eigenvalue weighted by atomic mass is 10.0. The molecule has 96 valence electrons. The number of rotatable bonds is 4. The van der Waals surface area contributed by atoms with Crippen LogP contribution in [0.25, 0.3) is 0 Å². The summed E-state index contributed by atoms with van der Waals surface area (Å²) in [7, 11) is 1.99. The number of nitrogens with one attached hydrogen (secondary N) is 1. The molecule has 0 saturated heterocycles. The van der Waals surface area contributed by atoms with Crippen LogP contribution < -0.4 is 5.32 Å². The van der Waals surface area contributed by atoms with Crippen LogP contribution in [0, 0.1) is 6.92 Å². The molecule has 0 saturated carbocycles. The summed E-state index contributed by atoms with van der Waals surface area (Å²) < 4.78 is 2.01. The van der Waals surface area contributed by atoms with Crippen LogP contribution in [0.15, 0.2) is 34.8 Å². The zero-order valence-corrected chi connectivity index (χ0v) is 13.5. The molecule has 1 atom stereocenters. The Morgan fingerprint density at radius 3 is 2.67 bits per heavy atom. The minimum absolute atomic E-state index is 0.301. The van der Waals surface area contributed by atoms with Crippen LogP contribution in [-0.2, 0) is 6.42 Å². The van der Waals surface area contributed by atoms with E-state index in [1.807, 2.05) is 13.1 Å². The van der Waals surface area contributed by atoms with Crippen LogP contribution in [0.5, 0.6) is 0 Å². The van der Waals surface area contributed by atoms with Crippen LogP contribution in [-0.4, -0.2) is 7.05 Å². The Morgan fingerprint density at radius 1 is 1.33 bits per heavy atom. The number of benzene rings is 1. The lowest BCUT2D eigenvalue weighted by molar-refractivity contribution is 0.594. The van der Waals surface area contributed by atoms with Crippen LogP contribution in [0.3, 0.4) is 0 Å². The molecule has 2 rings (SSSR count). The molecular weight excluding hydrogens is 330 g/mol. The van der Waals surface area contributed by atoms with Crippen LogP contribution in [0.1, 0.15) is 22.0 Å². The normalized spacial score (nSPS) is 12.7. The van der Waals surface area contributed by atoms with Gasteiger partial charge in [-0.2, -0.15) is 0 Å². The molecule has 1 aromatic carbocycles. The molecule has 0 spiro atoms. The van der Waals surface area contributed by atoms with Gasteiger partial charge in [-0.15, -0.1) is 11.3 Å². The Kier molecular flexibility index (Phi) is 4.84. The van der Waals surface area contributed by atoms with E-state index in [4.69, 9.17) is 11.6 Å². The number of thiophene rings is 1. The Bertz CT molecular complexity index is 538. The average molecular weight is 345 g/mol. The Balaban J connectivity index is 2.22. The Morgan fingerprint density at radius 2 is 2.11 bits per heavy atom. The highest BCUT2D eigenvalue weighted by molar-refractivity contribution is 9.10. The number of likely N-dealkylation sites (N-methyl/N-ethyl adjacent to an activating group) is 1. The van der Waals surface area contributed by atoms with Crippen molar-refractivity contribution in [1.29, 1.82) is 0 Å². The number of halogens is 2. The van der Waals surface area contributed by atoms with Crippen molar-refractivity contribution in [3.05, 3.63) is 55.1 Å². The van der Waals surface area contributed by atoms with E-state index < -0.39 is 0 Å². The average Bonchev–Trinajstić information content (AvgIpc) is 2.72. The summed E-state index contributed by atoms with van der Waals surface area (Å²) in [4.78, 5) is 1.30. The van der Waals surface area contributed by atoms with Crippen molar-refractivity contribution in [3.8, 4) is 0 Å². The van der Waals surface area contributed by atoms with E-state index >= 15 is 0 Å². The number of hydrogen-bond acceptors (Lipinski definition) is 2. The monoisotopic (exact) mass is 343 g/mol. The number of aryl methyl sites for hydroxylation is 1. The smallest absolute Gasteiger partial charge is 0.0931 e. The van der Waals surface area contributed by atoms with Crippen LogP contribution in [0.2, 0.25) is 4.34 Å². The van der Waals surface area contributed by atoms with E-state index in [-0.39, 0.29) is 0 Å². The second-order valence-electron chi connectivity index (χ2n) is 4.28. The summed E-state index contributed by atoms with van der Waals surface area (Å²) >= 11 is 11.3. The second kappa shape index (κ2) is 6.20. The molecule has 0 aliphatic heterocycles. The first-order valence-electron chi connectivity index (χ1n) is 5.77. The van der Waals surface area contributed by atoms with Gasteiger partial charge in [-0.25, -0.2) is 0 Å². The predicted molar refractivity (Wildman–Crippen MR) is 83.7 cm³/mol. The maximum Gasteiger partial charge on any atom is 0.0931 e. The summed E-state index contributed by atoms with van der Waals surface area (Å²) in [6.45, 7) is 2.10. The van der Waals surface area contributed by atoms with Gasteiger partial charge in [0.15, 0.2) is 0 Å². The molecule has 1 unspecified atom stereocenters. The molecule has 2 aromatic rings. The molecule has 18 heavy (non-hydrogen) atoms. The minimum Gasteiger partial charge on any atom is -0.313 e. The van der Waals surface area contributed by atoms with Crippen LogP contribution in [0.4, 0.5) is 0 Å². The zero-order chi connectivity index (χ0) is 13.1. The Labute approximate surface area is 125 Å². The molecular formula is C14H15BrClNS. The van der Waals surface area contributed by atoms with Gasteiger partial charge in [0.25, 0.3) is 0 Å². The van der Waals surface area contributed by atoms with Crippen molar-refractivity contribution in [3.63, 3.8) is 0 Å². The third kappa shape index (κ3) is 3.35. The van der Waals surface area contributed by atoms with Crippen LogP contribution >= 0.6 is 38.9 Å². The molecule has 0 aliphatic carbocycles. The standard InChI is InChI=1S/C14H15BrClNS/c1-9-3-5-11(12(15)7-9)13(17-2)8-10-4-6-14(16)18-10/h3-7,13,17H,8H2,1-2H3. The highest BCUT2D eigenvalue weighted by Gasteiger charge is 2.14. The molecule has 0 fully saturated rings. The first-order chi connectivity index (χ1) is 8.60. The lowest BCUT2D eigenvalue weighted by Crippen LogP contribution is -2.18. The van der Waals surface area contributed by atoms with Crippen molar-refractivity contribution >= 4 is 38.9 Å². The molecule has 1 nitrogen and oxygen atoms in total. The van der Waals surface area contributed by atoms with Gasteiger partial charge in [0.1, 0.15) is 0 Å². The minimum atomic E-state index is 0.301. The maximum absolute atomic E-state index is 5.97. The fourth-order valence-corrected chi connectivity index (χ4v) is 3.85. The summed E-state index contributed by atoms with van der Waals surface area (Å²) in [5, 5.41) is 3.37.